The molecule has 2 radical (unpaired) electrons. The molecule has 0 amide bonds. The van der Waals surface area contributed by atoms with Gasteiger partial charge in [0.2, 0.25) is 5.95 Å². The Balaban J connectivity index is 1.50. The van der Waals surface area contributed by atoms with Gasteiger partial charge in [-0.1, -0.05) is 12.1 Å². The molecule has 1 aromatic heterocycles. The molecule has 2 fully saturated rings. The van der Waals surface area contributed by atoms with Gasteiger partial charge in [0, 0.05) is 12.7 Å². The van der Waals surface area contributed by atoms with Gasteiger partial charge in [-0.2, -0.15) is 14.0 Å². The molecule has 15 heteroatoms. The molecule has 6 N–H and O–H groups in total. The molecule has 3 aliphatic heterocycles. The van der Waals surface area contributed by atoms with Gasteiger partial charge in [-0.05, 0) is 12.1 Å². The summed E-state index contributed by atoms with van der Waals surface area (Å²) < 4.78 is 22.7. The van der Waals surface area contributed by atoms with Crippen LogP contribution < -0.4 is 26.8 Å². The van der Waals surface area contributed by atoms with Gasteiger partial charge < -0.3 is 30.7 Å². The summed E-state index contributed by atoms with van der Waals surface area (Å²) in [4.78, 5) is 43.8. The average molecular weight is 475 g/mol. The van der Waals surface area contributed by atoms with E-state index in [1.807, 2.05) is 0 Å². The van der Waals surface area contributed by atoms with Crippen LogP contribution >= 0.6 is 7.82 Å². The Morgan fingerprint density at radius 1 is 1.45 bits per heavy atom. The number of H-pyrrole nitrogens is 1. The van der Waals surface area contributed by atoms with Gasteiger partial charge in [-0.15, -0.1) is 0 Å². The molecule has 13 nitrogen and oxygen atoms in total. The molecular weight excluding hydrogens is 454 g/mol. The van der Waals surface area contributed by atoms with E-state index in [1.165, 1.54) is 0 Å². The zero-order valence-electron chi connectivity index (χ0n) is 17.4. The lowest BCUT2D eigenvalue weighted by atomic mass is 10.1. The number of hydrogen-bond donors (Lipinski definition) is 5. The molecule has 0 aliphatic carbocycles. The van der Waals surface area contributed by atoms with Crippen molar-refractivity contribution in [3.8, 4) is 0 Å². The molecule has 0 saturated carbocycles. The van der Waals surface area contributed by atoms with Crippen LogP contribution in [-0.2, 0) is 18.5 Å². The molecule has 33 heavy (non-hydrogen) atoms. The zero-order valence-corrected chi connectivity index (χ0v) is 18.3. The SMILES string of the molecule is [B][P+]1(O)OCC2OC(N3CNc4c3nc(N)[nH]c4=O)C(OC(=O)c3ccccc3NC)[C@@H]2O1. The number of nitrogen functional groups attached to an aromatic ring is 1. The van der Waals surface area contributed by atoms with E-state index in [4.69, 9.17) is 31.8 Å². The summed E-state index contributed by atoms with van der Waals surface area (Å²) in [6.45, 7) is 0.0607. The Morgan fingerprint density at radius 3 is 3.03 bits per heavy atom. The predicted octanol–water partition coefficient (Wildman–Crippen LogP) is -0.212. The van der Waals surface area contributed by atoms with Crippen LogP contribution in [0.2, 0.25) is 0 Å². The average Bonchev–Trinajstić information content (AvgIpc) is 3.34. The minimum atomic E-state index is -3.62. The quantitative estimate of drug-likeness (QED) is 0.224. The van der Waals surface area contributed by atoms with Gasteiger partial charge in [-0.3, -0.25) is 9.78 Å². The number of nitrogens with one attached hydrogen (secondary N) is 3. The highest BCUT2D eigenvalue weighted by Gasteiger charge is 2.60. The lowest BCUT2D eigenvalue weighted by molar-refractivity contribution is -0.0450. The van der Waals surface area contributed by atoms with Crippen molar-refractivity contribution in [2.24, 2.45) is 0 Å². The molecule has 5 atom stereocenters. The van der Waals surface area contributed by atoms with Crippen molar-refractivity contribution in [1.29, 1.82) is 0 Å². The zero-order chi connectivity index (χ0) is 23.3. The number of fused-ring (bicyclic) bond motifs is 2. The fourth-order valence-electron chi connectivity index (χ4n) is 4.09. The molecular formula is C18H21BN6O7P+. The Kier molecular flexibility index (Phi) is 5.42. The Bertz CT molecular complexity index is 1150. The number of rotatable bonds is 4. The van der Waals surface area contributed by atoms with Crippen molar-refractivity contribution < 1.29 is 28.2 Å². The maximum absolute atomic E-state index is 13.1. The molecule has 4 heterocycles. The Labute approximate surface area is 189 Å². The van der Waals surface area contributed by atoms with E-state index in [1.54, 1.807) is 36.2 Å². The number of para-hydroxylation sites is 1. The van der Waals surface area contributed by atoms with Crippen LogP contribution in [0.15, 0.2) is 29.1 Å². The predicted molar refractivity (Wildman–Crippen MR) is 120 cm³/mol. The monoisotopic (exact) mass is 475 g/mol. The van der Waals surface area contributed by atoms with Gasteiger partial charge >= 0.3 is 21.4 Å². The van der Waals surface area contributed by atoms with E-state index >= 15 is 0 Å². The van der Waals surface area contributed by atoms with Crippen molar-refractivity contribution in [2.45, 2.75) is 24.5 Å². The van der Waals surface area contributed by atoms with Crippen LogP contribution in [-0.4, -0.2) is 73.3 Å². The lowest BCUT2D eigenvalue weighted by Gasteiger charge is -2.31. The molecule has 2 saturated heterocycles. The van der Waals surface area contributed by atoms with Gasteiger partial charge in [0.25, 0.3) is 5.56 Å². The summed E-state index contributed by atoms with van der Waals surface area (Å²) >= 11 is 0. The molecule has 3 aliphatic rings. The molecule has 2 aromatic rings. The van der Waals surface area contributed by atoms with E-state index in [0.717, 1.165) is 0 Å². The lowest BCUT2D eigenvalue weighted by Crippen LogP contribution is -2.48. The maximum Gasteiger partial charge on any atom is 0.488 e. The second-order valence-electron chi connectivity index (χ2n) is 7.61. The molecule has 0 bridgehead atoms. The van der Waals surface area contributed by atoms with E-state index in [9.17, 15) is 14.5 Å². The number of carbonyl (C=O) groups excluding carboxylic acids is 1. The Morgan fingerprint density at radius 2 is 2.24 bits per heavy atom. The maximum atomic E-state index is 13.1. The van der Waals surface area contributed by atoms with Crippen molar-refractivity contribution in [1.82, 2.24) is 9.97 Å². The second kappa shape index (κ2) is 8.15. The third-order valence-electron chi connectivity index (χ3n) is 5.57. The topological polar surface area (TPSA) is 173 Å². The molecule has 5 rings (SSSR count). The second-order valence-corrected chi connectivity index (χ2v) is 9.21. The summed E-state index contributed by atoms with van der Waals surface area (Å²) in [5.74, 6) is -0.490. The van der Waals surface area contributed by atoms with E-state index < -0.39 is 43.9 Å². The van der Waals surface area contributed by atoms with Crippen LogP contribution in [0.1, 0.15) is 10.4 Å². The summed E-state index contributed by atoms with van der Waals surface area (Å²) in [5.41, 5.74) is 6.34. The van der Waals surface area contributed by atoms with Crippen molar-refractivity contribution in [3.63, 3.8) is 0 Å². The number of nitrogens with two attached hydrogens (primary N) is 1. The minimum absolute atomic E-state index is 0.0673. The molecule has 1 aromatic carbocycles. The number of carbonyl (C=O) groups is 1. The summed E-state index contributed by atoms with van der Waals surface area (Å²) in [6, 6.07) is 6.83. The first-order valence-corrected chi connectivity index (χ1v) is 11.7. The third kappa shape index (κ3) is 3.89. The van der Waals surface area contributed by atoms with Crippen LogP contribution in [0.4, 0.5) is 23.1 Å². The van der Waals surface area contributed by atoms with Crippen molar-refractivity contribution in [2.75, 3.05) is 41.6 Å². The van der Waals surface area contributed by atoms with Crippen molar-refractivity contribution in [3.05, 3.63) is 40.2 Å². The number of aromatic amines is 1. The van der Waals surface area contributed by atoms with Gasteiger partial charge in [0.15, 0.2) is 24.3 Å². The van der Waals surface area contributed by atoms with Gasteiger partial charge in [-0.25, -0.2) is 9.69 Å². The standard InChI is InChI=1S/C18H21BN6O7P/c1-21-9-5-3-2-4-8(9)17(27)31-13-12-10(6-29-33(19,28)32-12)30-16(13)25-7-22-11-14(25)23-18(20)24-15(11)26/h2-5,10,12-13,16,21-22,28H,6-7H2,1H3,(H3,20,23,24,26)/q+1/t10?,12-,13?,16?,33?/m1/s1. The highest BCUT2D eigenvalue weighted by Crippen LogP contribution is 2.58. The number of anilines is 4. The smallest absolute Gasteiger partial charge is 0.451 e. The number of hydrogen-bond acceptors (Lipinski definition) is 12. The number of benzene rings is 1. The fraction of sp³-hybridized carbons (Fsp3) is 0.389. The summed E-state index contributed by atoms with van der Waals surface area (Å²) in [5, 5.41) is 5.88. The fourth-order valence-corrected chi connectivity index (χ4v) is 5.12. The van der Waals surface area contributed by atoms with E-state index in [2.05, 4.69) is 20.6 Å². The van der Waals surface area contributed by atoms with E-state index in [0.29, 0.717) is 11.3 Å². The van der Waals surface area contributed by atoms with Crippen LogP contribution in [0.25, 0.3) is 0 Å². The first kappa shape index (κ1) is 21.9. The van der Waals surface area contributed by atoms with Crippen molar-refractivity contribution >= 4 is 44.5 Å². The molecule has 172 valence electrons. The van der Waals surface area contributed by atoms with Crippen LogP contribution in [0, 0.1) is 0 Å². The Hall–Kier alpha value is -2.90. The highest BCUT2D eigenvalue weighted by molar-refractivity contribution is 7.85. The van der Waals surface area contributed by atoms with Crippen LogP contribution in [0.5, 0.6) is 0 Å². The molecule has 0 spiro atoms. The summed E-state index contributed by atoms with van der Waals surface area (Å²) in [7, 11) is 3.78. The number of aromatic nitrogens is 2. The largest absolute Gasteiger partial charge is 0.488 e. The first-order chi connectivity index (χ1) is 15.8. The highest BCUT2D eigenvalue weighted by atomic mass is 31.2. The first-order valence-electron chi connectivity index (χ1n) is 10.0. The summed E-state index contributed by atoms with van der Waals surface area (Å²) in [6.07, 6.45) is -3.59. The normalized spacial score (nSPS) is 30.3. The van der Waals surface area contributed by atoms with Gasteiger partial charge in [0.05, 0.1) is 12.2 Å². The van der Waals surface area contributed by atoms with Crippen LogP contribution in [0.3, 0.4) is 0 Å². The number of nitrogens with zero attached hydrogens (tertiary/aromatic N) is 2. The number of esters is 1. The number of ether oxygens (including phenoxy) is 2. The minimum Gasteiger partial charge on any atom is -0.451 e. The third-order valence-corrected chi connectivity index (χ3v) is 6.63. The molecule has 4 unspecified atom stereocenters. The van der Waals surface area contributed by atoms with E-state index in [-0.39, 0.29) is 30.7 Å². The van der Waals surface area contributed by atoms with Gasteiger partial charge in [0.1, 0.15) is 18.4 Å².